The maximum atomic E-state index is 13.3. The predicted octanol–water partition coefficient (Wildman–Crippen LogP) is 4.45. The van der Waals surface area contributed by atoms with E-state index in [2.05, 4.69) is 21.2 Å². The average molecular weight is 411 g/mol. The third-order valence-corrected chi connectivity index (χ3v) is 5.66. The molecule has 1 heterocycles. The quantitative estimate of drug-likeness (QED) is 0.675. The largest absolute Gasteiger partial charge is 0.370 e. The monoisotopic (exact) mass is 410 g/mol. The molecule has 5 heteroatoms. The first kappa shape index (κ1) is 20.6. The number of nitrogens with one attached hydrogen (secondary N) is 1. The van der Waals surface area contributed by atoms with E-state index in [1.165, 1.54) is 0 Å². The zero-order valence-corrected chi connectivity index (χ0v) is 17.4. The molecule has 1 fully saturated rings. The minimum Gasteiger partial charge on any atom is -0.370 e. The summed E-state index contributed by atoms with van der Waals surface area (Å²) < 4.78 is 0. The van der Waals surface area contributed by atoms with E-state index in [1.807, 2.05) is 84.9 Å². The number of carbonyl (C=O) groups is 1. The van der Waals surface area contributed by atoms with Crippen LogP contribution >= 0.6 is 0 Å². The van der Waals surface area contributed by atoms with Crippen LogP contribution in [-0.4, -0.2) is 37.0 Å². The number of nitriles is 1. The van der Waals surface area contributed by atoms with Gasteiger partial charge in [-0.15, -0.1) is 0 Å². The highest BCUT2D eigenvalue weighted by molar-refractivity contribution is 5.95. The normalized spacial score (nSPS) is 15.5. The molecule has 156 valence electrons. The van der Waals surface area contributed by atoms with Crippen molar-refractivity contribution in [2.75, 3.05) is 36.4 Å². The van der Waals surface area contributed by atoms with Crippen LogP contribution in [0.15, 0.2) is 84.9 Å². The van der Waals surface area contributed by atoms with E-state index in [0.717, 1.165) is 49.5 Å². The molecule has 3 aromatic rings. The van der Waals surface area contributed by atoms with Gasteiger partial charge in [-0.3, -0.25) is 9.69 Å². The van der Waals surface area contributed by atoms with Crippen LogP contribution < -0.4 is 10.2 Å². The van der Waals surface area contributed by atoms with E-state index in [4.69, 9.17) is 5.26 Å². The lowest BCUT2D eigenvalue weighted by Gasteiger charge is -2.30. The van der Waals surface area contributed by atoms with Crippen LogP contribution in [0.4, 0.5) is 11.4 Å². The van der Waals surface area contributed by atoms with Gasteiger partial charge in [0.2, 0.25) is 5.91 Å². The predicted molar refractivity (Wildman–Crippen MR) is 124 cm³/mol. The van der Waals surface area contributed by atoms with Crippen molar-refractivity contribution >= 4 is 17.3 Å². The Morgan fingerprint density at radius 2 is 1.52 bits per heavy atom. The van der Waals surface area contributed by atoms with Crippen LogP contribution in [0, 0.1) is 11.3 Å². The van der Waals surface area contributed by atoms with Crippen molar-refractivity contribution in [3.05, 3.63) is 96.1 Å². The van der Waals surface area contributed by atoms with Gasteiger partial charge in [0.1, 0.15) is 6.04 Å². The molecule has 0 bridgehead atoms. The summed E-state index contributed by atoms with van der Waals surface area (Å²) in [6.07, 6.45) is 0.960. The van der Waals surface area contributed by atoms with Gasteiger partial charge in [-0.25, -0.2) is 0 Å². The van der Waals surface area contributed by atoms with Gasteiger partial charge in [-0.05, 0) is 48.4 Å². The Labute approximate surface area is 183 Å². The van der Waals surface area contributed by atoms with E-state index in [1.54, 1.807) is 0 Å². The highest BCUT2D eigenvalue weighted by Gasteiger charge is 2.29. The van der Waals surface area contributed by atoms with Crippen molar-refractivity contribution < 1.29 is 4.79 Å². The van der Waals surface area contributed by atoms with Gasteiger partial charge in [0.25, 0.3) is 0 Å². The second-order valence-electron chi connectivity index (χ2n) is 7.70. The van der Waals surface area contributed by atoms with Crippen molar-refractivity contribution in [3.8, 4) is 6.07 Å². The Morgan fingerprint density at radius 3 is 2.19 bits per heavy atom. The zero-order valence-electron chi connectivity index (χ0n) is 17.4. The molecular formula is C26H26N4O. The Morgan fingerprint density at radius 1 is 0.839 bits per heavy atom. The Kier molecular flexibility index (Phi) is 6.61. The molecule has 1 amide bonds. The summed E-state index contributed by atoms with van der Waals surface area (Å²) in [6.45, 7) is 3.37. The first-order chi connectivity index (χ1) is 15.2. The molecule has 1 atom stereocenters. The molecule has 0 radical (unpaired) electrons. The first-order valence-electron chi connectivity index (χ1n) is 10.6. The molecule has 1 aliphatic heterocycles. The number of hydrogen-bond donors (Lipinski definition) is 1. The maximum Gasteiger partial charge on any atom is 0.246 e. The van der Waals surface area contributed by atoms with Crippen LogP contribution in [0.25, 0.3) is 0 Å². The highest BCUT2D eigenvalue weighted by atomic mass is 16.2. The number of nitrogens with zero attached hydrogens (tertiary/aromatic N) is 3. The van der Waals surface area contributed by atoms with Crippen LogP contribution in [0.2, 0.25) is 0 Å². The van der Waals surface area contributed by atoms with E-state index < -0.39 is 0 Å². The standard InChI is InChI=1S/C26H26N4O/c27-20-21-12-14-24(15-13-21)29-16-7-17-30(19-18-29)25(22-8-3-1-4-9-22)26(31)28-23-10-5-2-6-11-23/h1-6,8-15,25H,7,16-19H2,(H,28,31). The summed E-state index contributed by atoms with van der Waals surface area (Å²) in [5.41, 5.74) is 3.60. The number of carbonyl (C=O) groups excluding carboxylic acids is 1. The topological polar surface area (TPSA) is 59.4 Å². The summed E-state index contributed by atoms with van der Waals surface area (Å²) >= 11 is 0. The van der Waals surface area contributed by atoms with Gasteiger partial charge in [-0.2, -0.15) is 5.26 Å². The lowest BCUT2D eigenvalue weighted by Crippen LogP contribution is -2.39. The third kappa shape index (κ3) is 5.11. The second kappa shape index (κ2) is 9.92. The van der Waals surface area contributed by atoms with Gasteiger partial charge in [-0.1, -0.05) is 48.5 Å². The molecule has 4 rings (SSSR count). The maximum absolute atomic E-state index is 13.3. The number of rotatable bonds is 5. The van der Waals surface area contributed by atoms with Crippen molar-refractivity contribution in [1.29, 1.82) is 5.26 Å². The van der Waals surface area contributed by atoms with Gasteiger partial charge < -0.3 is 10.2 Å². The van der Waals surface area contributed by atoms with Crippen molar-refractivity contribution in [2.45, 2.75) is 12.5 Å². The summed E-state index contributed by atoms with van der Waals surface area (Å²) in [7, 11) is 0. The lowest BCUT2D eigenvalue weighted by molar-refractivity contribution is -0.121. The van der Waals surface area contributed by atoms with Crippen molar-refractivity contribution in [1.82, 2.24) is 4.90 Å². The van der Waals surface area contributed by atoms with E-state index >= 15 is 0 Å². The molecule has 1 unspecified atom stereocenters. The van der Waals surface area contributed by atoms with Crippen LogP contribution in [-0.2, 0) is 4.79 Å². The third-order valence-electron chi connectivity index (χ3n) is 5.66. The van der Waals surface area contributed by atoms with Gasteiger partial charge >= 0.3 is 0 Å². The molecule has 3 aromatic carbocycles. The average Bonchev–Trinajstić information content (AvgIpc) is 3.07. The SMILES string of the molecule is N#Cc1ccc(N2CCCN(C(C(=O)Nc3ccccc3)c3ccccc3)CC2)cc1. The van der Waals surface area contributed by atoms with Crippen LogP contribution in [0.1, 0.15) is 23.6 Å². The molecule has 1 N–H and O–H groups in total. The van der Waals surface area contributed by atoms with E-state index in [0.29, 0.717) is 5.56 Å². The minimum atomic E-state index is -0.345. The fraction of sp³-hybridized carbons (Fsp3) is 0.231. The second-order valence-corrected chi connectivity index (χ2v) is 7.70. The summed E-state index contributed by atoms with van der Waals surface area (Å²) in [4.78, 5) is 18.0. The summed E-state index contributed by atoms with van der Waals surface area (Å²) in [6, 6.07) is 29.2. The first-order valence-corrected chi connectivity index (χ1v) is 10.6. The lowest BCUT2D eigenvalue weighted by atomic mass is 10.0. The van der Waals surface area contributed by atoms with E-state index in [9.17, 15) is 4.79 Å². The number of para-hydroxylation sites is 1. The van der Waals surface area contributed by atoms with Gasteiger partial charge in [0, 0.05) is 37.6 Å². The van der Waals surface area contributed by atoms with Gasteiger partial charge in [0.05, 0.1) is 11.6 Å². The Balaban J connectivity index is 1.52. The Bertz CT molecular complexity index is 1030. The molecule has 0 saturated carbocycles. The van der Waals surface area contributed by atoms with Crippen molar-refractivity contribution in [2.24, 2.45) is 0 Å². The number of benzene rings is 3. The molecule has 1 saturated heterocycles. The minimum absolute atomic E-state index is 0.00998. The molecule has 0 aliphatic carbocycles. The van der Waals surface area contributed by atoms with Crippen LogP contribution in [0.5, 0.6) is 0 Å². The number of anilines is 2. The summed E-state index contributed by atoms with van der Waals surface area (Å²) in [5.74, 6) is -0.00998. The fourth-order valence-electron chi connectivity index (χ4n) is 4.10. The Hall–Kier alpha value is -3.62. The van der Waals surface area contributed by atoms with Crippen LogP contribution in [0.3, 0.4) is 0 Å². The van der Waals surface area contributed by atoms with Crippen molar-refractivity contribution in [3.63, 3.8) is 0 Å². The van der Waals surface area contributed by atoms with E-state index in [-0.39, 0.29) is 11.9 Å². The smallest absolute Gasteiger partial charge is 0.246 e. The molecule has 0 spiro atoms. The summed E-state index contributed by atoms with van der Waals surface area (Å²) in [5, 5.41) is 12.1. The van der Waals surface area contributed by atoms with Gasteiger partial charge in [0.15, 0.2) is 0 Å². The molecular weight excluding hydrogens is 384 g/mol. The number of amides is 1. The molecule has 31 heavy (non-hydrogen) atoms. The highest BCUT2D eigenvalue weighted by Crippen LogP contribution is 2.26. The fourth-order valence-corrected chi connectivity index (χ4v) is 4.10. The molecule has 5 nitrogen and oxygen atoms in total. The number of hydrogen-bond acceptors (Lipinski definition) is 4. The zero-order chi connectivity index (χ0) is 21.5. The molecule has 1 aliphatic rings. The molecule has 0 aromatic heterocycles.